The predicted molar refractivity (Wildman–Crippen MR) is 91.0 cm³/mol. The standard InChI is InChI=1S/C17H15F3INO/c18-17(19,20)16-12(10-23-14-8-22-9-14)2-1-3-15(16)11-4-6-13(21)7-5-11/h1-7,14,22H,8-10H2. The van der Waals surface area contributed by atoms with Gasteiger partial charge in [0, 0.05) is 16.7 Å². The van der Waals surface area contributed by atoms with Gasteiger partial charge in [0.05, 0.1) is 18.3 Å². The SMILES string of the molecule is FC(F)(F)c1c(COC2CNC2)cccc1-c1ccc(I)cc1. The zero-order chi connectivity index (χ0) is 16.4. The molecule has 0 bridgehead atoms. The molecule has 1 heterocycles. The van der Waals surface area contributed by atoms with Crippen LogP contribution in [0.1, 0.15) is 11.1 Å². The van der Waals surface area contributed by atoms with Crippen LogP contribution in [-0.2, 0) is 17.5 Å². The van der Waals surface area contributed by atoms with Crippen LogP contribution < -0.4 is 5.32 Å². The Hall–Kier alpha value is -1.12. The van der Waals surface area contributed by atoms with E-state index in [0.29, 0.717) is 18.7 Å². The van der Waals surface area contributed by atoms with Gasteiger partial charge in [0.1, 0.15) is 0 Å². The summed E-state index contributed by atoms with van der Waals surface area (Å²) in [6, 6.07) is 11.7. The summed E-state index contributed by atoms with van der Waals surface area (Å²) in [4.78, 5) is 0. The highest BCUT2D eigenvalue weighted by Gasteiger charge is 2.36. The maximum Gasteiger partial charge on any atom is 0.417 e. The monoisotopic (exact) mass is 433 g/mol. The Morgan fingerprint density at radius 3 is 2.35 bits per heavy atom. The van der Waals surface area contributed by atoms with Gasteiger partial charge in [-0.05, 0) is 51.4 Å². The molecule has 1 aliphatic rings. The number of nitrogens with one attached hydrogen (secondary N) is 1. The summed E-state index contributed by atoms with van der Waals surface area (Å²) in [6.45, 7) is 1.36. The number of halogens is 4. The highest BCUT2D eigenvalue weighted by Crippen LogP contribution is 2.40. The quantitative estimate of drug-likeness (QED) is 0.719. The normalized spacial score (nSPS) is 15.5. The Labute approximate surface area is 146 Å². The van der Waals surface area contributed by atoms with Crippen molar-refractivity contribution in [1.29, 1.82) is 0 Å². The van der Waals surface area contributed by atoms with Crippen molar-refractivity contribution in [3.63, 3.8) is 0 Å². The summed E-state index contributed by atoms with van der Waals surface area (Å²) >= 11 is 2.13. The zero-order valence-electron chi connectivity index (χ0n) is 12.2. The number of rotatable bonds is 4. The van der Waals surface area contributed by atoms with Crippen molar-refractivity contribution in [2.75, 3.05) is 13.1 Å². The molecule has 1 N–H and O–H groups in total. The average Bonchev–Trinajstić information content (AvgIpc) is 2.45. The van der Waals surface area contributed by atoms with Gasteiger partial charge in [0.25, 0.3) is 0 Å². The third-order valence-corrected chi connectivity index (χ3v) is 4.53. The first-order valence-corrected chi connectivity index (χ1v) is 8.30. The Bertz CT molecular complexity index is 681. The van der Waals surface area contributed by atoms with E-state index >= 15 is 0 Å². The molecule has 0 spiro atoms. The second-order valence-corrected chi connectivity index (χ2v) is 6.68. The minimum Gasteiger partial charge on any atom is -0.371 e. The number of alkyl halides is 3. The molecule has 1 saturated heterocycles. The third kappa shape index (κ3) is 3.87. The van der Waals surface area contributed by atoms with Gasteiger partial charge < -0.3 is 10.1 Å². The minimum atomic E-state index is -4.42. The van der Waals surface area contributed by atoms with Crippen molar-refractivity contribution in [1.82, 2.24) is 5.32 Å². The highest BCUT2D eigenvalue weighted by atomic mass is 127. The number of hydrogen-bond donors (Lipinski definition) is 1. The molecule has 122 valence electrons. The fourth-order valence-corrected chi connectivity index (χ4v) is 2.87. The molecule has 0 radical (unpaired) electrons. The van der Waals surface area contributed by atoms with Crippen molar-refractivity contribution in [2.45, 2.75) is 18.9 Å². The van der Waals surface area contributed by atoms with E-state index in [9.17, 15) is 13.2 Å². The molecular formula is C17H15F3INO. The fourth-order valence-electron chi connectivity index (χ4n) is 2.51. The van der Waals surface area contributed by atoms with Gasteiger partial charge in [0.15, 0.2) is 0 Å². The van der Waals surface area contributed by atoms with Crippen LogP contribution in [0.25, 0.3) is 11.1 Å². The lowest BCUT2D eigenvalue weighted by atomic mass is 9.95. The summed E-state index contributed by atoms with van der Waals surface area (Å²) in [5, 5.41) is 3.04. The van der Waals surface area contributed by atoms with Crippen LogP contribution in [0.3, 0.4) is 0 Å². The van der Waals surface area contributed by atoms with Crippen LogP contribution in [0.5, 0.6) is 0 Å². The van der Waals surface area contributed by atoms with Gasteiger partial charge in [-0.15, -0.1) is 0 Å². The first kappa shape index (κ1) is 16.7. The van der Waals surface area contributed by atoms with Crippen LogP contribution in [0.2, 0.25) is 0 Å². The van der Waals surface area contributed by atoms with Gasteiger partial charge >= 0.3 is 6.18 Å². The molecule has 0 amide bonds. The van der Waals surface area contributed by atoms with Crippen molar-refractivity contribution in [3.05, 3.63) is 57.2 Å². The van der Waals surface area contributed by atoms with Crippen LogP contribution in [0.4, 0.5) is 13.2 Å². The van der Waals surface area contributed by atoms with Gasteiger partial charge in [-0.3, -0.25) is 0 Å². The molecular weight excluding hydrogens is 418 g/mol. The maximum atomic E-state index is 13.6. The summed E-state index contributed by atoms with van der Waals surface area (Å²) in [6.07, 6.45) is -4.42. The highest BCUT2D eigenvalue weighted by molar-refractivity contribution is 14.1. The van der Waals surface area contributed by atoms with E-state index in [1.165, 1.54) is 12.1 Å². The summed E-state index contributed by atoms with van der Waals surface area (Å²) < 4.78 is 47.4. The molecule has 0 aliphatic carbocycles. The minimum absolute atomic E-state index is 0.00181. The second-order valence-electron chi connectivity index (χ2n) is 5.44. The van der Waals surface area contributed by atoms with Crippen LogP contribution in [0, 0.1) is 3.57 Å². The lowest BCUT2D eigenvalue weighted by Crippen LogP contribution is -2.48. The lowest BCUT2D eigenvalue weighted by Gasteiger charge is -2.28. The molecule has 1 fully saturated rings. The smallest absolute Gasteiger partial charge is 0.371 e. The molecule has 0 atom stereocenters. The lowest BCUT2D eigenvalue weighted by molar-refractivity contribution is -0.138. The maximum absolute atomic E-state index is 13.6. The summed E-state index contributed by atoms with van der Waals surface area (Å²) in [7, 11) is 0. The topological polar surface area (TPSA) is 21.3 Å². The van der Waals surface area contributed by atoms with Gasteiger partial charge in [-0.2, -0.15) is 13.2 Å². The van der Waals surface area contributed by atoms with Gasteiger partial charge in [-0.25, -0.2) is 0 Å². The van der Waals surface area contributed by atoms with Crippen molar-refractivity contribution in [3.8, 4) is 11.1 Å². The molecule has 6 heteroatoms. The van der Waals surface area contributed by atoms with E-state index in [2.05, 4.69) is 27.9 Å². The van der Waals surface area contributed by atoms with Crippen molar-refractivity contribution in [2.24, 2.45) is 0 Å². The number of benzene rings is 2. The Kier molecular flexibility index (Phi) is 4.93. The molecule has 2 nitrogen and oxygen atoms in total. The first-order chi connectivity index (χ1) is 10.9. The molecule has 0 aromatic heterocycles. The first-order valence-electron chi connectivity index (χ1n) is 7.22. The Morgan fingerprint density at radius 1 is 1.09 bits per heavy atom. The van der Waals surface area contributed by atoms with Crippen molar-refractivity contribution < 1.29 is 17.9 Å². The summed E-state index contributed by atoms with van der Waals surface area (Å²) in [5.74, 6) is 0. The Balaban J connectivity index is 1.99. The number of hydrogen-bond acceptors (Lipinski definition) is 2. The third-order valence-electron chi connectivity index (χ3n) is 3.81. The molecule has 3 rings (SSSR count). The van der Waals surface area contributed by atoms with E-state index in [0.717, 1.165) is 3.57 Å². The van der Waals surface area contributed by atoms with E-state index in [4.69, 9.17) is 4.74 Å². The zero-order valence-corrected chi connectivity index (χ0v) is 14.3. The molecule has 0 saturated carbocycles. The fraction of sp³-hybridized carbons (Fsp3) is 0.294. The summed E-state index contributed by atoms with van der Waals surface area (Å²) in [5.41, 5.74) is 0.334. The molecule has 2 aromatic rings. The van der Waals surface area contributed by atoms with E-state index in [1.807, 2.05) is 0 Å². The largest absolute Gasteiger partial charge is 0.417 e. The van der Waals surface area contributed by atoms with Crippen LogP contribution in [-0.4, -0.2) is 19.2 Å². The molecule has 1 aliphatic heterocycles. The van der Waals surface area contributed by atoms with Gasteiger partial charge in [-0.1, -0.05) is 30.3 Å². The van der Waals surface area contributed by atoms with Crippen LogP contribution >= 0.6 is 22.6 Å². The van der Waals surface area contributed by atoms with E-state index in [-0.39, 0.29) is 23.8 Å². The second kappa shape index (κ2) is 6.78. The molecule has 23 heavy (non-hydrogen) atoms. The Morgan fingerprint density at radius 2 is 1.78 bits per heavy atom. The number of ether oxygens (including phenoxy) is 1. The predicted octanol–water partition coefficient (Wildman–Crippen LogP) is 4.47. The van der Waals surface area contributed by atoms with Gasteiger partial charge in [0.2, 0.25) is 0 Å². The molecule has 2 aromatic carbocycles. The van der Waals surface area contributed by atoms with Crippen LogP contribution in [0.15, 0.2) is 42.5 Å². The average molecular weight is 433 g/mol. The van der Waals surface area contributed by atoms with E-state index < -0.39 is 11.7 Å². The van der Waals surface area contributed by atoms with Crippen molar-refractivity contribution >= 4 is 22.6 Å². The molecule has 0 unspecified atom stereocenters. The van der Waals surface area contributed by atoms with E-state index in [1.54, 1.807) is 30.3 Å².